The Balaban J connectivity index is 1.51. The molecule has 3 aliphatic rings. The summed E-state index contributed by atoms with van der Waals surface area (Å²) in [5.74, 6) is 0.156. The van der Waals surface area contributed by atoms with E-state index in [2.05, 4.69) is 16.3 Å². The molecular formula is C22H36N4O2. The number of hydrogen-bond donors (Lipinski definition) is 1. The van der Waals surface area contributed by atoms with Crippen LogP contribution in [0.25, 0.3) is 0 Å². The van der Waals surface area contributed by atoms with E-state index in [4.69, 9.17) is 0 Å². The van der Waals surface area contributed by atoms with Crippen LogP contribution in [0.4, 0.5) is 0 Å². The molecule has 1 N–H and O–H groups in total. The first-order valence-electron chi connectivity index (χ1n) is 11.2. The number of carbonyl (C=O) groups excluding carboxylic acids is 2. The Morgan fingerprint density at radius 1 is 1.07 bits per heavy atom. The maximum atomic E-state index is 12.9. The lowest BCUT2D eigenvalue weighted by atomic mass is 9.81. The van der Waals surface area contributed by atoms with Crippen LogP contribution in [0.15, 0.2) is 0 Å². The van der Waals surface area contributed by atoms with Crippen LogP contribution in [-0.2, 0) is 9.59 Å². The van der Waals surface area contributed by atoms with Gasteiger partial charge in [0.2, 0.25) is 11.8 Å². The molecule has 0 spiro atoms. The lowest BCUT2D eigenvalue weighted by molar-refractivity contribution is -0.138. The van der Waals surface area contributed by atoms with E-state index in [1.54, 1.807) is 11.9 Å². The molecule has 3 rings (SSSR count). The monoisotopic (exact) mass is 388 g/mol. The van der Waals surface area contributed by atoms with Crippen molar-refractivity contribution in [2.24, 2.45) is 5.92 Å². The van der Waals surface area contributed by atoms with Gasteiger partial charge >= 0.3 is 0 Å². The van der Waals surface area contributed by atoms with Gasteiger partial charge in [0.05, 0.1) is 18.5 Å². The van der Waals surface area contributed by atoms with Gasteiger partial charge in [-0.2, -0.15) is 5.26 Å². The first kappa shape index (κ1) is 21.1. The summed E-state index contributed by atoms with van der Waals surface area (Å²) < 4.78 is 0. The highest BCUT2D eigenvalue weighted by Gasteiger charge is 2.39. The minimum Gasteiger partial charge on any atom is -0.353 e. The van der Waals surface area contributed by atoms with E-state index in [0.29, 0.717) is 19.1 Å². The van der Waals surface area contributed by atoms with Gasteiger partial charge in [0.1, 0.15) is 5.54 Å². The molecule has 3 fully saturated rings. The molecule has 0 aromatic rings. The molecule has 0 aromatic heterocycles. The summed E-state index contributed by atoms with van der Waals surface area (Å²) in [6.45, 7) is 1.82. The van der Waals surface area contributed by atoms with Crippen molar-refractivity contribution < 1.29 is 9.59 Å². The van der Waals surface area contributed by atoms with Crippen LogP contribution in [-0.4, -0.2) is 59.9 Å². The van der Waals surface area contributed by atoms with E-state index in [-0.39, 0.29) is 17.7 Å². The predicted octanol–water partition coefficient (Wildman–Crippen LogP) is 2.83. The summed E-state index contributed by atoms with van der Waals surface area (Å²) in [6, 6.07) is 2.77. The van der Waals surface area contributed by atoms with Crippen molar-refractivity contribution in [1.82, 2.24) is 15.1 Å². The smallest absolute Gasteiger partial charge is 0.237 e. The predicted molar refractivity (Wildman–Crippen MR) is 108 cm³/mol. The Bertz CT molecular complexity index is 588. The van der Waals surface area contributed by atoms with Crippen molar-refractivity contribution in [3.8, 4) is 6.07 Å². The van der Waals surface area contributed by atoms with E-state index >= 15 is 0 Å². The highest BCUT2D eigenvalue weighted by atomic mass is 16.2. The molecule has 0 radical (unpaired) electrons. The Morgan fingerprint density at radius 2 is 1.75 bits per heavy atom. The van der Waals surface area contributed by atoms with E-state index in [1.165, 1.54) is 19.3 Å². The summed E-state index contributed by atoms with van der Waals surface area (Å²) in [4.78, 5) is 29.4. The second-order valence-electron chi connectivity index (χ2n) is 9.07. The summed E-state index contributed by atoms with van der Waals surface area (Å²) in [5.41, 5.74) is -0.636. The molecule has 28 heavy (non-hydrogen) atoms. The van der Waals surface area contributed by atoms with Crippen LogP contribution in [0.5, 0.6) is 0 Å². The van der Waals surface area contributed by atoms with Crippen molar-refractivity contribution in [3.63, 3.8) is 0 Å². The number of carbonyl (C=O) groups is 2. The van der Waals surface area contributed by atoms with E-state index in [1.807, 2.05) is 0 Å². The Morgan fingerprint density at radius 3 is 2.43 bits per heavy atom. The van der Waals surface area contributed by atoms with Crippen LogP contribution < -0.4 is 5.32 Å². The molecule has 1 unspecified atom stereocenters. The second-order valence-corrected chi connectivity index (χ2v) is 9.07. The number of piperidine rings is 1. The number of nitrogens with one attached hydrogen (secondary N) is 1. The molecular weight excluding hydrogens is 352 g/mol. The third-order valence-corrected chi connectivity index (χ3v) is 7.09. The molecule has 2 amide bonds. The average Bonchev–Trinajstić information content (AvgIpc) is 2.74. The first-order valence-corrected chi connectivity index (χ1v) is 11.2. The van der Waals surface area contributed by atoms with Crippen molar-refractivity contribution in [1.29, 1.82) is 5.26 Å². The molecule has 6 nitrogen and oxygen atoms in total. The van der Waals surface area contributed by atoms with Crippen LogP contribution in [0, 0.1) is 17.2 Å². The Hall–Kier alpha value is -1.61. The number of likely N-dealkylation sites (N-methyl/N-ethyl adjacent to an activating group) is 1. The quantitative estimate of drug-likeness (QED) is 0.786. The van der Waals surface area contributed by atoms with Crippen molar-refractivity contribution in [2.45, 2.75) is 88.6 Å². The first-order chi connectivity index (χ1) is 13.5. The zero-order chi connectivity index (χ0) is 20.0. The minimum atomic E-state index is -0.636. The van der Waals surface area contributed by atoms with Gasteiger partial charge in [0, 0.05) is 19.6 Å². The van der Waals surface area contributed by atoms with Crippen molar-refractivity contribution >= 4 is 11.8 Å². The molecule has 0 bridgehead atoms. The molecule has 2 saturated carbocycles. The Labute approximate surface area is 169 Å². The van der Waals surface area contributed by atoms with Gasteiger partial charge in [0.25, 0.3) is 0 Å². The highest BCUT2D eigenvalue weighted by molar-refractivity contribution is 5.81. The van der Waals surface area contributed by atoms with Gasteiger partial charge in [-0.3, -0.25) is 14.5 Å². The maximum Gasteiger partial charge on any atom is 0.237 e. The molecule has 1 atom stereocenters. The number of nitrogens with zero attached hydrogens (tertiary/aromatic N) is 3. The average molecular weight is 389 g/mol. The number of rotatable bonds is 5. The fourth-order valence-corrected chi connectivity index (χ4v) is 5.17. The van der Waals surface area contributed by atoms with E-state index in [9.17, 15) is 14.9 Å². The SMILES string of the molecule is CN(C(=O)CN1CCCC(C(=O)NC2CCCCC2)C1)C1(C#N)CCCCC1. The molecule has 156 valence electrons. The van der Waals surface area contributed by atoms with Crippen molar-refractivity contribution in [2.75, 3.05) is 26.7 Å². The summed E-state index contributed by atoms with van der Waals surface area (Å²) in [5, 5.41) is 13.0. The molecule has 0 aromatic carbocycles. The highest BCUT2D eigenvalue weighted by Crippen LogP contribution is 2.32. The zero-order valence-electron chi connectivity index (χ0n) is 17.4. The Kier molecular flexibility index (Phi) is 7.34. The number of amides is 2. The fraction of sp³-hybridized carbons (Fsp3) is 0.864. The van der Waals surface area contributed by atoms with Crippen LogP contribution in [0.2, 0.25) is 0 Å². The second kappa shape index (κ2) is 9.73. The summed E-state index contributed by atoms with van der Waals surface area (Å²) >= 11 is 0. The molecule has 1 aliphatic heterocycles. The topological polar surface area (TPSA) is 76.4 Å². The van der Waals surface area contributed by atoms with Gasteiger partial charge in [-0.25, -0.2) is 0 Å². The fourth-order valence-electron chi connectivity index (χ4n) is 5.17. The zero-order valence-corrected chi connectivity index (χ0v) is 17.4. The minimum absolute atomic E-state index is 0.0109. The lowest BCUT2D eigenvalue weighted by Crippen LogP contribution is -2.54. The van der Waals surface area contributed by atoms with Crippen LogP contribution in [0.1, 0.15) is 77.0 Å². The van der Waals surface area contributed by atoms with Crippen LogP contribution in [0.3, 0.4) is 0 Å². The standard InChI is InChI=1S/C22H36N4O2/c1-25(22(17-23)12-6-3-7-13-22)20(27)16-26-14-8-9-18(15-26)21(28)24-19-10-4-2-5-11-19/h18-19H,2-16H2,1H3,(H,24,28). The van der Waals surface area contributed by atoms with Crippen LogP contribution >= 0.6 is 0 Å². The molecule has 6 heteroatoms. The molecule has 2 aliphatic carbocycles. The number of hydrogen-bond acceptors (Lipinski definition) is 4. The van der Waals surface area contributed by atoms with Gasteiger partial charge in [-0.15, -0.1) is 0 Å². The van der Waals surface area contributed by atoms with E-state index in [0.717, 1.165) is 64.3 Å². The molecule has 1 heterocycles. The number of nitriles is 1. The lowest BCUT2D eigenvalue weighted by Gasteiger charge is -2.40. The third kappa shape index (κ3) is 5.05. The third-order valence-electron chi connectivity index (χ3n) is 7.09. The van der Waals surface area contributed by atoms with Gasteiger partial charge < -0.3 is 10.2 Å². The van der Waals surface area contributed by atoms with Crippen molar-refractivity contribution in [3.05, 3.63) is 0 Å². The largest absolute Gasteiger partial charge is 0.353 e. The van der Waals surface area contributed by atoms with E-state index < -0.39 is 5.54 Å². The van der Waals surface area contributed by atoms with Gasteiger partial charge in [0.15, 0.2) is 0 Å². The van der Waals surface area contributed by atoms with Gasteiger partial charge in [-0.05, 0) is 45.1 Å². The van der Waals surface area contributed by atoms with Gasteiger partial charge in [-0.1, -0.05) is 38.5 Å². The summed E-state index contributed by atoms with van der Waals surface area (Å²) in [6.07, 6.45) is 12.5. The normalized spacial score (nSPS) is 26.2. The number of likely N-dealkylation sites (tertiary alicyclic amines) is 1. The summed E-state index contributed by atoms with van der Waals surface area (Å²) in [7, 11) is 1.79. The molecule has 1 saturated heterocycles. The maximum absolute atomic E-state index is 12.9.